The lowest BCUT2D eigenvalue weighted by Gasteiger charge is -2.59. The summed E-state index contributed by atoms with van der Waals surface area (Å²) in [6, 6.07) is 9.31. The predicted octanol–water partition coefficient (Wildman–Crippen LogP) is 2.89. The molecule has 3 heteroatoms. The van der Waals surface area contributed by atoms with Gasteiger partial charge in [0.15, 0.2) is 0 Å². The summed E-state index contributed by atoms with van der Waals surface area (Å²) < 4.78 is 5.98. The number of carbonyl (C=O) groups is 1. The van der Waals surface area contributed by atoms with E-state index in [4.69, 9.17) is 10.5 Å². The number of ether oxygens (including phenoxy) is 1. The molecule has 0 spiro atoms. The first-order valence-electron chi connectivity index (χ1n) is 7.63. The second-order valence-electron chi connectivity index (χ2n) is 7.26. The monoisotopic (exact) mass is 271 g/mol. The number of hydrogen-bond acceptors (Lipinski definition) is 3. The summed E-state index contributed by atoms with van der Waals surface area (Å²) in [7, 11) is 0. The molecule has 4 saturated carbocycles. The number of esters is 1. The van der Waals surface area contributed by atoms with Gasteiger partial charge in [-0.1, -0.05) is 18.2 Å². The van der Waals surface area contributed by atoms with Gasteiger partial charge < -0.3 is 10.5 Å². The molecule has 0 heterocycles. The third kappa shape index (κ3) is 1.96. The van der Waals surface area contributed by atoms with Crippen LogP contribution in [0, 0.1) is 11.8 Å². The molecule has 0 aromatic heterocycles. The van der Waals surface area contributed by atoms with E-state index in [9.17, 15) is 4.79 Å². The van der Waals surface area contributed by atoms with Gasteiger partial charge in [-0.25, -0.2) is 4.79 Å². The van der Waals surface area contributed by atoms with Crippen LogP contribution in [-0.4, -0.2) is 17.1 Å². The molecule has 20 heavy (non-hydrogen) atoms. The van der Waals surface area contributed by atoms with Gasteiger partial charge >= 0.3 is 5.97 Å². The molecule has 1 aromatic carbocycles. The molecule has 4 bridgehead atoms. The van der Waals surface area contributed by atoms with E-state index in [-0.39, 0.29) is 17.1 Å². The molecule has 2 unspecified atom stereocenters. The molecule has 2 N–H and O–H groups in total. The summed E-state index contributed by atoms with van der Waals surface area (Å²) in [6.07, 6.45) is 6.40. The van der Waals surface area contributed by atoms with E-state index in [0.717, 1.165) is 32.1 Å². The summed E-state index contributed by atoms with van der Waals surface area (Å²) in [4.78, 5) is 12.4. The summed E-state index contributed by atoms with van der Waals surface area (Å²) in [6.45, 7) is 0. The highest BCUT2D eigenvalue weighted by molar-refractivity contribution is 5.89. The van der Waals surface area contributed by atoms with E-state index in [1.54, 1.807) is 0 Å². The van der Waals surface area contributed by atoms with Crippen LogP contribution in [0.1, 0.15) is 48.9 Å². The standard InChI is InChI=1S/C17H21NO2/c18-16-7-12-6-13(8-16)10-17(9-12,11-16)20-15(19)14-4-2-1-3-5-14/h1-5,12-13H,6-11,18H2. The van der Waals surface area contributed by atoms with Gasteiger partial charge in [-0.15, -0.1) is 0 Å². The van der Waals surface area contributed by atoms with E-state index in [0.29, 0.717) is 17.4 Å². The lowest BCUT2D eigenvalue weighted by atomic mass is 9.51. The van der Waals surface area contributed by atoms with Crippen LogP contribution < -0.4 is 5.73 Å². The first-order valence-corrected chi connectivity index (χ1v) is 7.63. The van der Waals surface area contributed by atoms with Crippen molar-refractivity contribution in [3.63, 3.8) is 0 Å². The van der Waals surface area contributed by atoms with Crippen molar-refractivity contribution in [3.05, 3.63) is 35.9 Å². The Kier molecular flexibility index (Phi) is 2.53. The second kappa shape index (κ2) is 4.08. The average Bonchev–Trinajstić information content (AvgIpc) is 2.36. The van der Waals surface area contributed by atoms with E-state index in [1.165, 1.54) is 6.42 Å². The lowest BCUT2D eigenvalue weighted by Crippen LogP contribution is -2.64. The smallest absolute Gasteiger partial charge is 0.338 e. The molecule has 2 atom stereocenters. The Labute approximate surface area is 119 Å². The molecule has 5 rings (SSSR count). The minimum Gasteiger partial charge on any atom is -0.455 e. The molecule has 1 aromatic rings. The Bertz CT molecular complexity index is 525. The van der Waals surface area contributed by atoms with Crippen molar-refractivity contribution in [3.8, 4) is 0 Å². The quantitative estimate of drug-likeness (QED) is 0.841. The van der Waals surface area contributed by atoms with E-state index in [2.05, 4.69) is 0 Å². The highest BCUT2D eigenvalue weighted by Gasteiger charge is 2.58. The van der Waals surface area contributed by atoms with Crippen molar-refractivity contribution >= 4 is 5.97 Å². The zero-order valence-corrected chi connectivity index (χ0v) is 11.7. The summed E-state index contributed by atoms with van der Waals surface area (Å²) in [5.41, 5.74) is 6.81. The van der Waals surface area contributed by atoms with Crippen LogP contribution in [0.25, 0.3) is 0 Å². The number of carbonyl (C=O) groups excluding carboxylic acids is 1. The van der Waals surface area contributed by atoms with Crippen molar-refractivity contribution in [1.82, 2.24) is 0 Å². The van der Waals surface area contributed by atoms with Crippen molar-refractivity contribution in [2.24, 2.45) is 17.6 Å². The summed E-state index contributed by atoms with van der Waals surface area (Å²) in [5.74, 6) is 1.13. The molecule has 0 radical (unpaired) electrons. The Morgan fingerprint density at radius 2 is 1.75 bits per heavy atom. The van der Waals surface area contributed by atoms with Gasteiger partial charge in [0.25, 0.3) is 0 Å². The van der Waals surface area contributed by atoms with E-state index >= 15 is 0 Å². The maximum absolute atomic E-state index is 12.4. The SMILES string of the molecule is NC12CC3CC(C1)CC(OC(=O)c1ccccc1)(C3)C2. The predicted molar refractivity (Wildman–Crippen MR) is 76.2 cm³/mol. The molecule has 106 valence electrons. The first-order chi connectivity index (χ1) is 9.56. The van der Waals surface area contributed by atoms with Gasteiger partial charge in [-0.05, 0) is 56.1 Å². The number of benzene rings is 1. The molecule has 0 aliphatic heterocycles. The van der Waals surface area contributed by atoms with Crippen LogP contribution in [-0.2, 0) is 4.74 Å². The Balaban J connectivity index is 1.58. The van der Waals surface area contributed by atoms with Gasteiger partial charge in [0.05, 0.1) is 5.56 Å². The fourth-order valence-corrected chi connectivity index (χ4v) is 5.20. The second-order valence-corrected chi connectivity index (χ2v) is 7.26. The highest BCUT2D eigenvalue weighted by atomic mass is 16.6. The molecule has 4 fully saturated rings. The normalized spacial score (nSPS) is 41.6. The Morgan fingerprint density at radius 3 is 2.35 bits per heavy atom. The van der Waals surface area contributed by atoms with Crippen molar-refractivity contribution in [1.29, 1.82) is 0 Å². The van der Waals surface area contributed by atoms with Crippen molar-refractivity contribution in [2.45, 2.75) is 49.7 Å². The topological polar surface area (TPSA) is 52.3 Å². The number of rotatable bonds is 2. The van der Waals surface area contributed by atoms with Crippen molar-refractivity contribution in [2.75, 3.05) is 0 Å². The number of hydrogen-bond donors (Lipinski definition) is 1. The Hall–Kier alpha value is -1.35. The van der Waals surface area contributed by atoms with Gasteiger partial charge in [0.1, 0.15) is 5.60 Å². The van der Waals surface area contributed by atoms with Crippen LogP contribution >= 0.6 is 0 Å². The largest absolute Gasteiger partial charge is 0.455 e. The van der Waals surface area contributed by atoms with Crippen molar-refractivity contribution < 1.29 is 9.53 Å². The highest BCUT2D eigenvalue weighted by Crippen LogP contribution is 2.58. The minimum absolute atomic E-state index is 0.0823. The molecular weight excluding hydrogens is 250 g/mol. The minimum atomic E-state index is -0.286. The molecule has 3 nitrogen and oxygen atoms in total. The molecule has 4 aliphatic rings. The van der Waals surface area contributed by atoms with E-state index < -0.39 is 0 Å². The fourth-order valence-electron chi connectivity index (χ4n) is 5.20. The van der Waals surface area contributed by atoms with Crippen LogP contribution in [0.5, 0.6) is 0 Å². The molecule has 0 amide bonds. The summed E-state index contributed by atoms with van der Waals surface area (Å²) in [5, 5.41) is 0. The molecular formula is C17H21NO2. The van der Waals surface area contributed by atoms with Gasteiger partial charge in [-0.3, -0.25) is 0 Å². The zero-order valence-electron chi connectivity index (χ0n) is 11.7. The maximum Gasteiger partial charge on any atom is 0.338 e. The third-order valence-corrected chi connectivity index (χ3v) is 5.37. The molecule has 4 aliphatic carbocycles. The lowest BCUT2D eigenvalue weighted by molar-refractivity contribution is -0.139. The van der Waals surface area contributed by atoms with Gasteiger partial charge in [0.2, 0.25) is 0 Å². The maximum atomic E-state index is 12.4. The van der Waals surface area contributed by atoms with E-state index in [1.807, 2.05) is 30.3 Å². The third-order valence-electron chi connectivity index (χ3n) is 5.37. The molecule has 0 saturated heterocycles. The average molecular weight is 271 g/mol. The van der Waals surface area contributed by atoms with Crippen LogP contribution in [0.3, 0.4) is 0 Å². The number of nitrogens with two attached hydrogens (primary N) is 1. The first kappa shape index (κ1) is 12.4. The van der Waals surface area contributed by atoms with Crippen LogP contribution in [0.15, 0.2) is 30.3 Å². The Morgan fingerprint density at radius 1 is 1.10 bits per heavy atom. The van der Waals surface area contributed by atoms with Gasteiger partial charge in [0, 0.05) is 12.0 Å². The summed E-state index contributed by atoms with van der Waals surface area (Å²) >= 11 is 0. The van der Waals surface area contributed by atoms with Crippen LogP contribution in [0.2, 0.25) is 0 Å². The van der Waals surface area contributed by atoms with Crippen LogP contribution in [0.4, 0.5) is 0 Å². The zero-order chi connectivity index (χ0) is 13.8. The van der Waals surface area contributed by atoms with Gasteiger partial charge in [-0.2, -0.15) is 0 Å². The fraction of sp³-hybridized carbons (Fsp3) is 0.588.